The van der Waals surface area contributed by atoms with Crippen molar-refractivity contribution in [1.29, 1.82) is 0 Å². The van der Waals surface area contributed by atoms with Crippen LogP contribution in [-0.2, 0) is 20.3 Å². The largest absolute Gasteiger partial charge is 0.468 e. The third-order valence-electron chi connectivity index (χ3n) is 2.94. The fourth-order valence-corrected chi connectivity index (χ4v) is 3.57. The Bertz CT molecular complexity index is 526. The van der Waals surface area contributed by atoms with Crippen LogP contribution in [0.1, 0.15) is 11.6 Å². The van der Waals surface area contributed by atoms with Crippen LogP contribution in [-0.4, -0.2) is 34.8 Å². The molecule has 1 fully saturated rings. The quantitative estimate of drug-likeness (QED) is 0.840. The summed E-state index contributed by atoms with van der Waals surface area (Å²) in [4.78, 5) is 11.5. The predicted octanol–water partition coefficient (Wildman–Crippen LogP) is 1.41. The van der Waals surface area contributed by atoms with Crippen molar-refractivity contribution in [3.05, 3.63) is 34.6 Å². The molecule has 1 heterocycles. The molecule has 1 aromatic rings. The zero-order chi connectivity index (χ0) is 14.0. The molecule has 1 aromatic carbocycles. The Morgan fingerprint density at radius 1 is 1.53 bits per heavy atom. The maximum atomic E-state index is 13.1. The minimum atomic E-state index is -1.14. The first-order valence-corrected chi connectivity index (χ1v) is 7.51. The Morgan fingerprint density at radius 3 is 2.89 bits per heavy atom. The number of halogens is 2. The second kappa shape index (κ2) is 5.98. The Morgan fingerprint density at radius 2 is 2.26 bits per heavy atom. The first kappa shape index (κ1) is 14.4. The number of methoxy groups -OCH3 is 1. The van der Waals surface area contributed by atoms with Crippen LogP contribution in [0.3, 0.4) is 0 Å². The van der Waals surface area contributed by atoms with Gasteiger partial charge in [0.1, 0.15) is 11.9 Å². The lowest BCUT2D eigenvalue weighted by molar-refractivity contribution is -0.142. The van der Waals surface area contributed by atoms with Gasteiger partial charge in [-0.25, -0.2) is 4.39 Å². The normalized spacial score (nSPS) is 27.0. The van der Waals surface area contributed by atoms with E-state index in [1.807, 2.05) is 0 Å². The highest BCUT2D eigenvalue weighted by Crippen LogP contribution is 2.24. The van der Waals surface area contributed by atoms with Gasteiger partial charge in [0.15, 0.2) is 0 Å². The third-order valence-corrected chi connectivity index (χ3v) is 4.64. The Labute approximate surface area is 117 Å². The highest BCUT2D eigenvalue weighted by Gasteiger charge is 2.32. The van der Waals surface area contributed by atoms with E-state index in [0.29, 0.717) is 11.3 Å². The van der Waals surface area contributed by atoms with Crippen LogP contribution in [0.5, 0.6) is 0 Å². The molecule has 0 saturated carbocycles. The molecule has 3 unspecified atom stereocenters. The van der Waals surface area contributed by atoms with Gasteiger partial charge in [-0.3, -0.25) is 14.3 Å². The summed E-state index contributed by atoms with van der Waals surface area (Å²) in [5.41, 5.74) is 0.702. The average Bonchev–Trinajstić information content (AvgIpc) is 2.40. The van der Waals surface area contributed by atoms with Gasteiger partial charge in [-0.05, 0) is 17.7 Å². The summed E-state index contributed by atoms with van der Waals surface area (Å²) in [5.74, 6) is -0.383. The summed E-state index contributed by atoms with van der Waals surface area (Å²) in [6.45, 7) is 0. The van der Waals surface area contributed by atoms with Crippen molar-refractivity contribution in [3.8, 4) is 0 Å². The number of ether oxygens (including phenoxy) is 1. The van der Waals surface area contributed by atoms with Gasteiger partial charge in [-0.15, -0.1) is 0 Å². The number of carbonyl (C=O) groups excluding carboxylic acids is 1. The predicted molar refractivity (Wildman–Crippen MR) is 71.0 cm³/mol. The molecule has 0 spiro atoms. The average molecular weight is 306 g/mol. The van der Waals surface area contributed by atoms with Gasteiger partial charge in [0.25, 0.3) is 0 Å². The smallest absolute Gasteiger partial charge is 0.323 e. The molecule has 3 atom stereocenters. The van der Waals surface area contributed by atoms with Gasteiger partial charge in [-0.2, -0.15) is 0 Å². The van der Waals surface area contributed by atoms with Crippen LogP contribution in [0.4, 0.5) is 4.39 Å². The monoisotopic (exact) mass is 305 g/mol. The molecule has 1 aliphatic heterocycles. The molecule has 7 heteroatoms. The number of benzene rings is 1. The van der Waals surface area contributed by atoms with Crippen molar-refractivity contribution < 1.29 is 18.1 Å². The second-order valence-corrected chi connectivity index (χ2v) is 6.20. The van der Waals surface area contributed by atoms with Crippen molar-refractivity contribution in [2.45, 2.75) is 12.1 Å². The van der Waals surface area contributed by atoms with Crippen LogP contribution in [0.25, 0.3) is 0 Å². The van der Waals surface area contributed by atoms with Crippen molar-refractivity contribution in [3.63, 3.8) is 0 Å². The van der Waals surface area contributed by atoms with E-state index >= 15 is 0 Å². The first-order chi connectivity index (χ1) is 9.01. The van der Waals surface area contributed by atoms with E-state index in [1.54, 1.807) is 6.07 Å². The SMILES string of the molecule is COC(=O)C1CS(=O)CC(c2ccc(F)c(Cl)c2)N1. The summed E-state index contributed by atoms with van der Waals surface area (Å²) < 4.78 is 29.5. The van der Waals surface area contributed by atoms with Gasteiger partial charge in [0, 0.05) is 28.3 Å². The van der Waals surface area contributed by atoms with E-state index in [4.69, 9.17) is 11.6 Å². The van der Waals surface area contributed by atoms with Crippen LogP contribution < -0.4 is 5.32 Å². The van der Waals surface area contributed by atoms with E-state index in [0.717, 1.165) is 0 Å². The molecule has 104 valence electrons. The summed E-state index contributed by atoms with van der Waals surface area (Å²) in [7, 11) is 0.148. The molecular weight excluding hydrogens is 293 g/mol. The molecule has 19 heavy (non-hydrogen) atoms. The molecule has 0 aromatic heterocycles. The molecule has 0 amide bonds. The van der Waals surface area contributed by atoms with Crippen molar-refractivity contribution in [2.24, 2.45) is 0 Å². The van der Waals surface area contributed by atoms with Gasteiger partial charge in [-0.1, -0.05) is 17.7 Å². The molecule has 0 aliphatic carbocycles. The number of hydrogen-bond acceptors (Lipinski definition) is 4. The summed E-state index contributed by atoms with van der Waals surface area (Å²) >= 11 is 5.73. The lowest BCUT2D eigenvalue weighted by atomic mass is 10.1. The molecule has 2 rings (SSSR count). The first-order valence-electron chi connectivity index (χ1n) is 5.65. The van der Waals surface area contributed by atoms with Crippen molar-refractivity contribution >= 4 is 28.4 Å². The number of carbonyl (C=O) groups is 1. The fraction of sp³-hybridized carbons (Fsp3) is 0.417. The van der Waals surface area contributed by atoms with E-state index in [-0.39, 0.29) is 16.8 Å². The topological polar surface area (TPSA) is 55.4 Å². The van der Waals surface area contributed by atoms with Gasteiger partial charge in [0.2, 0.25) is 0 Å². The number of rotatable bonds is 2. The minimum absolute atomic E-state index is 0.00488. The molecular formula is C12H13ClFNO3S. The van der Waals surface area contributed by atoms with Crippen LogP contribution in [0.2, 0.25) is 5.02 Å². The fourth-order valence-electron chi connectivity index (χ4n) is 1.98. The Kier molecular flexibility index (Phi) is 4.54. The van der Waals surface area contributed by atoms with Crippen LogP contribution in [0.15, 0.2) is 18.2 Å². The van der Waals surface area contributed by atoms with E-state index in [9.17, 15) is 13.4 Å². The molecule has 4 nitrogen and oxygen atoms in total. The van der Waals surface area contributed by atoms with Gasteiger partial charge >= 0.3 is 5.97 Å². The molecule has 0 radical (unpaired) electrons. The standard InChI is InChI=1S/C12H13ClFNO3S/c1-18-12(16)11-6-19(17)5-10(15-11)7-2-3-9(14)8(13)4-7/h2-4,10-11,15H,5-6H2,1H3. The Balaban J connectivity index is 2.21. The number of esters is 1. The highest BCUT2D eigenvalue weighted by molar-refractivity contribution is 7.85. The van der Waals surface area contributed by atoms with Crippen molar-refractivity contribution in [2.75, 3.05) is 18.6 Å². The molecule has 0 bridgehead atoms. The van der Waals surface area contributed by atoms with Crippen LogP contribution in [0, 0.1) is 5.82 Å². The molecule has 1 N–H and O–H groups in total. The minimum Gasteiger partial charge on any atom is -0.468 e. The van der Waals surface area contributed by atoms with Gasteiger partial charge in [0.05, 0.1) is 12.1 Å². The summed E-state index contributed by atoms with van der Waals surface area (Å²) in [5, 5.41) is 3.05. The Hall–Kier alpha value is -0.980. The summed E-state index contributed by atoms with van der Waals surface area (Å²) in [6.07, 6.45) is 0. The van der Waals surface area contributed by atoms with E-state index in [1.165, 1.54) is 19.2 Å². The summed E-state index contributed by atoms with van der Waals surface area (Å²) in [6, 6.07) is 3.37. The zero-order valence-corrected chi connectivity index (χ0v) is 11.8. The molecule has 1 aliphatic rings. The van der Waals surface area contributed by atoms with Crippen molar-refractivity contribution in [1.82, 2.24) is 5.32 Å². The van der Waals surface area contributed by atoms with E-state index in [2.05, 4.69) is 10.1 Å². The lowest BCUT2D eigenvalue weighted by Gasteiger charge is -2.29. The third kappa shape index (κ3) is 3.32. The number of nitrogens with one attached hydrogen (secondary N) is 1. The van der Waals surface area contributed by atoms with E-state index < -0.39 is 28.6 Å². The molecule has 1 saturated heterocycles. The second-order valence-electron chi connectivity index (χ2n) is 4.24. The zero-order valence-electron chi connectivity index (χ0n) is 10.2. The van der Waals surface area contributed by atoms with Crippen LogP contribution >= 0.6 is 11.6 Å². The van der Waals surface area contributed by atoms with Gasteiger partial charge < -0.3 is 4.74 Å². The maximum absolute atomic E-state index is 13.1. The number of hydrogen-bond donors (Lipinski definition) is 1. The lowest BCUT2D eigenvalue weighted by Crippen LogP contribution is -2.49. The maximum Gasteiger partial charge on any atom is 0.323 e. The highest BCUT2D eigenvalue weighted by atomic mass is 35.5.